The molecule has 4 aromatic carbocycles. The van der Waals surface area contributed by atoms with Crippen molar-refractivity contribution in [3.63, 3.8) is 0 Å². The number of oxazole rings is 1. The van der Waals surface area contributed by atoms with E-state index in [0.29, 0.717) is 42.3 Å². The van der Waals surface area contributed by atoms with Gasteiger partial charge in [-0.25, -0.2) is 4.98 Å². The van der Waals surface area contributed by atoms with Crippen LogP contribution in [-0.2, 0) is 24.2 Å². The molecule has 0 radical (unpaired) electrons. The molecule has 0 aliphatic carbocycles. The summed E-state index contributed by atoms with van der Waals surface area (Å²) in [5.41, 5.74) is 5.94. The van der Waals surface area contributed by atoms with Gasteiger partial charge in [0, 0.05) is 30.5 Å². The fraction of sp³-hybridized carbons (Fsp3) is 0.171. The fourth-order valence-electron chi connectivity index (χ4n) is 4.70. The number of aliphatic carboxylic acids is 1. The molecule has 7 heteroatoms. The van der Waals surface area contributed by atoms with Crippen molar-refractivity contribution in [2.45, 2.75) is 32.7 Å². The Labute approximate surface area is 244 Å². The molecule has 0 bridgehead atoms. The maximum atomic E-state index is 13.1. The number of carbonyl (C=O) groups is 2. The van der Waals surface area contributed by atoms with Crippen LogP contribution in [0.4, 0.5) is 0 Å². The molecule has 0 saturated heterocycles. The number of carboxylic acids is 1. The first-order valence-corrected chi connectivity index (χ1v) is 13.9. The van der Waals surface area contributed by atoms with E-state index in [1.807, 2.05) is 67.6 Å². The summed E-state index contributed by atoms with van der Waals surface area (Å²) in [6.07, 6.45) is 0.696. The number of benzene rings is 4. The lowest BCUT2D eigenvalue weighted by Crippen LogP contribution is -2.24. The average Bonchev–Trinajstić information content (AvgIpc) is 3.40. The van der Waals surface area contributed by atoms with Crippen LogP contribution in [0.25, 0.3) is 22.6 Å². The lowest BCUT2D eigenvalue weighted by atomic mass is 10.0. The van der Waals surface area contributed by atoms with Gasteiger partial charge in [0.2, 0.25) is 5.89 Å². The number of hydrogen-bond acceptors (Lipinski definition) is 5. The van der Waals surface area contributed by atoms with Crippen molar-refractivity contribution in [3.05, 3.63) is 131 Å². The topological polar surface area (TPSA) is 102 Å². The minimum Gasteiger partial charge on any atom is -0.493 e. The summed E-state index contributed by atoms with van der Waals surface area (Å²) in [5.74, 6) is 0.611. The smallest absolute Gasteiger partial charge is 0.303 e. The van der Waals surface area contributed by atoms with E-state index in [9.17, 15) is 9.59 Å². The predicted molar refractivity (Wildman–Crippen MR) is 161 cm³/mol. The largest absolute Gasteiger partial charge is 0.493 e. The molecule has 212 valence electrons. The first-order valence-electron chi connectivity index (χ1n) is 13.9. The monoisotopic (exact) mass is 560 g/mol. The predicted octanol–water partition coefficient (Wildman–Crippen LogP) is 6.89. The van der Waals surface area contributed by atoms with Crippen LogP contribution >= 0.6 is 0 Å². The molecule has 2 N–H and O–H groups in total. The number of nitrogens with zero attached hydrogens (tertiary/aromatic N) is 1. The zero-order valence-electron chi connectivity index (χ0n) is 23.4. The van der Waals surface area contributed by atoms with Gasteiger partial charge in [-0.2, -0.15) is 0 Å². The summed E-state index contributed by atoms with van der Waals surface area (Å²) in [6, 6.07) is 33.1. The zero-order chi connectivity index (χ0) is 29.3. The molecule has 0 unspecified atom stereocenters. The van der Waals surface area contributed by atoms with E-state index in [1.54, 1.807) is 18.2 Å². The lowest BCUT2D eigenvalue weighted by Gasteiger charge is -2.13. The number of aromatic nitrogens is 1. The van der Waals surface area contributed by atoms with Crippen LogP contribution in [0.5, 0.6) is 5.75 Å². The number of carboxylic acid groups (broad SMARTS) is 1. The molecule has 0 saturated carbocycles. The maximum absolute atomic E-state index is 13.1. The minimum atomic E-state index is -0.917. The molecular weight excluding hydrogens is 528 g/mol. The van der Waals surface area contributed by atoms with E-state index in [2.05, 4.69) is 29.6 Å². The molecule has 0 aliphatic rings. The lowest BCUT2D eigenvalue weighted by molar-refractivity contribution is -0.136. The van der Waals surface area contributed by atoms with Crippen LogP contribution in [0.3, 0.4) is 0 Å². The van der Waals surface area contributed by atoms with Crippen LogP contribution in [0.2, 0.25) is 0 Å². The third kappa shape index (κ3) is 7.31. The molecule has 5 rings (SSSR count). The number of nitrogens with one attached hydrogen (secondary N) is 1. The quantitative estimate of drug-likeness (QED) is 0.172. The zero-order valence-corrected chi connectivity index (χ0v) is 23.4. The van der Waals surface area contributed by atoms with Gasteiger partial charge in [0.15, 0.2) is 0 Å². The van der Waals surface area contributed by atoms with Gasteiger partial charge in [0.25, 0.3) is 5.91 Å². The van der Waals surface area contributed by atoms with Gasteiger partial charge in [-0.05, 0) is 59.9 Å². The van der Waals surface area contributed by atoms with Crippen LogP contribution in [-0.4, -0.2) is 28.6 Å². The van der Waals surface area contributed by atoms with Gasteiger partial charge < -0.3 is 19.6 Å². The molecular formula is C35H32N2O5. The SMILES string of the molecule is Cc1oc(-c2cccc(-c3ccccc3)c2)nc1CCOc1ccc(CCC(=O)O)c(C(=O)NCc2ccccc2)c1. The second-order valence-corrected chi connectivity index (χ2v) is 9.95. The third-order valence-electron chi connectivity index (χ3n) is 6.95. The van der Waals surface area contributed by atoms with Gasteiger partial charge >= 0.3 is 5.97 Å². The highest BCUT2D eigenvalue weighted by Crippen LogP contribution is 2.28. The molecule has 0 atom stereocenters. The summed E-state index contributed by atoms with van der Waals surface area (Å²) in [5, 5.41) is 12.1. The van der Waals surface area contributed by atoms with Crippen LogP contribution in [0, 0.1) is 6.92 Å². The molecule has 1 heterocycles. The molecule has 0 spiro atoms. The third-order valence-corrected chi connectivity index (χ3v) is 6.95. The Balaban J connectivity index is 1.25. The van der Waals surface area contributed by atoms with Gasteiger partial charge in [0.1, 0.15) is 11.5 Å². The van der Waals surface area contributed by atoms with Crippen molar-refractivity contribution < 1.29 is 23.8 Å². The van der Waals surface area contributed by atoms with Crippen molar-refractivity contribution in [1.29, 1.82) is 0 Å². The Bertz CT molecular complexity index is 1660. The summed E-state index contributed by atoms with van der Waals surface area (Å²) in [4.78, 5) is 29.0. The number of rotatable bonds is 12. The normalized spacial score (nSPS) is 10.8. The summed E-state index contributed by atoms with van der Waals surface area (Å²) in [7, 11) is 0. The number of aryl methyl sites for hydroxylation is 2. The summed E-state index contributed by atoms with van der Waals surface area (Å²) in [6.45, 7) is 2.58. The van der Waals surface area contributed by atoms with E-state index in [0.717, 1.165) is 33.7 Å². The Hall–Kier alpha value is -5.17. The Morgan fingerprint density at radius 2 is 1.55 bits per heavy atom. The number of carbonyl (C=O) groups excluding carboxylic acids is 1. The molecule has 0 aliphatic heterocycles. The van der Waals surface area contributed by atoms with Gasteiger partial charge in [-0.1, -0.05) is 78.9 Å². The molecule has 0 fully saturated rings. The van der Waals surface area contributed by atoms with Crippen LogP contribution in [0.15, 0.2) is 108 Å². The Morgan fingerprint density at radius 1 is 0.833 bits per heavy atom. The minimum absolute atomic E-state index is 0.0683. The molecule has 1 aromatic heterocycles. The van der Waals surface area contributed by atoms with Crippen LogP contribution in [0.1, 0.15) is 39.4 Å². The van der Waals surface area contributed by atoms with Crippen molar-refractivity contribution in [3.8, 4) is 28.3 Å². The van der Waals surface area contributed by atoms with Gasteiger partial charge in [-0.3, -0.25) is 9.59 Å². The second kappa shape index (κ2) is 13.5. The van der Waals surface area contributed by atoms with Gasteiger partial charge in [0.05, 0.1) is 12.3 Å². The van der Waals surface area contributed by atoms with E-state index in [4.69, 9.17) is 19.2 Å². The maximum Gasteiger partial charge on any atom is 0.303 e. The van der Waals surface area contributed by atoms with Crippen molar-refractivity contribution in [1.82, 2.24) is 10.3 Å². The standard InChI is InChI=1S/C35H32N2O5/c1-24-32(37-35(42-24)29-14-8-13-28(21-29)26-11-6-3-7-12-26)19-20-41-30-17-15-27(16-18-33(38)39)31(22-30)34(40)36-23-25-9-4-2-5-10-25/h2-15,17,21-22H,16,18-20,23H2,1H3,(H,36,40)(H,38,39). The number of amides is 1. The highest BCUT2D eigenvalue weighted by atomic mass is 16.5. The summed E-state index contributed by atoms with van der Waals surface area (Å²) < 4.78 is 12.0. The average molecular weight is 561 g/mol. The van der Waals surface area contributed by atoms with E-state index >= 15 is 0 Å². The molecule has 42 heavy (non-hydrogen) atoms. The summed E-state index contributed by atoms with van der Waals surface area (Å²) >= 11 is 0. The number of ether oxygens (including phenoxy) is 1. The fourth-order valence-corrected chi connectivity index (χ4v) is 4.70. The highest BCUT2D eigenvalue weighted by Gasteiger charge is 2.16. The first-order chi connectivity index (χ1) is 20.5. The number of hydrogen-bond donors (Lipinski definition) is 2. The Morgan fingerprint density at radius 3 is 2.31 bits per heavy atom. The molecule has 7 nitrogen and oxygen atoms in total. The Kier molecular flexibility index (Phi) is 9.09. The van der Waals surface area contributed by atoms with E-state index in [-0.39, 0.29) is 18.7 Å². The van der Waals surface area contributed by atoms with Crippen molar-refractivity contribution in [2.75, 3.05) is 6.61 Å². The molecule has 1 amide bonds. The van der Waals surface area contributed by atoms with Crippen LogP contribution < -0.4 is 10.1 Å². The second-order valence-electron chi connectivity index (χ2n) is 9.95. The van der Waals surface area contributed by atoms with E-state index < -0.39 is 5.97 Å². The molecule has 5 aromatic rings. The van der Waals surface area contributed by atoms with E-state index in [1.165, 1.54) is 0 Å². The first kappa shape index (κ1) is 28.4. The van der Waals surface area contributed by atoms with Gasteiger partial charge in [-0.15, -0.1) is 0 Å². The van der Waals surface area contributed by atoms with Crippen molar-refractivity contribution in [2.24, 2.45) is 0 Å². The van der Waals surface area contributed by atoms with Crippen molar-refractivity contribution >= 4 is 11.9 Å². The highest BCUT2D eigenvalue weighted by molar-refractivity contribution is 5.96.